The van der Waals surface area contributed by atoms with Crippen LogP contribution in [-0.4, -0.2) is 17.8 Å². The van der Waals surface area contributed by atoms with Crippen LogP contribution in [0.3, 0.4) is 0 Å². The van der Waals surface area contributed by atoms with Gasteiger partial charge in [-0.1, -0.05) is 0 Å². The van der Waals surface area contributed by atoms with Gasteiger partial charge < -0.3 is 10.8 Å². The average molecular weight is 263 g/mol. The zero-order valence-corrected chi connectivity index (χ0v) is 12.1. The lowest BCUT2D eigenvalue weighted by Gasteiger charge is -2.65. The molecule has 0 aromatic rings. The van der Waals surface area contributed by atoms with E-state index in [-0.39, 0.29) is 5.41 Å². The van der Waals surface area contributed by atoms with Crippen molar-refractivity contribution in [2.24, 2.45) is 34.3 Å². The monoisotopic (exact) mass is 263 g/mol. The van der Waals surface area contributed by atoms with Gasteiger partial charge >= 0.3 is 0 Å². The minimum Gasteiger partial charge on any atom is -0.396 e. The van der Waals surface area contributed by atoms with Crippen LogP contribution >= 0.6 is 0 Å². The van der Waals surface area contributed by atoms with Crippen molar-refractivity contribution >= 4 is 0 Å². The van der Waals surface area contributed by atoms with Gasteiger partial charge in [0.2, 0.25) is 0 Å². The summed E-state index contributed by atoms with van der Waals surface area (Å²) in [6.45, 7) is 0.422. The van der Waals surface area contributed by atoms with Crippen molar-refractivity contribution < 1.29 is 5.11 Å². The summed E-state index contributed by atoms with van der Waals surface area (Å²) in [6, 6.07) is 0.397. The van der Waals surface area contributed by atoms with E-state index in [4.69, 9.17) is 5.73 Å². The first-order valence-corrected chi connectivity index (χ1v) is 8.51. The number of hydrogen-bond acceptors (Lipinski definition) is 2. The highest BCUT2D eigenvalue weighted by molar-refractivity contribution is 5.10. The first-order chi connectivity index (χ1) is 9.15. The van der Waals surface area contributed by atoms with Gasteiger partial charge in [0.1, 0.15) is 0 Å². The predicted molar refractivity (Wildman–Crippen MR) is 76.6 cm³/mol. The Morgan fingerprint density at radius 2 is 1.37 bits per heavy atom. The Morgan fingerprint density at radius 3 is 1.79 bits per heavy atom. The molecule has 4 bridgehead atoms. The topological polar surface area (TPSA) is 46.2 Å². The van der Waals surface area contributed by atoms with Crippen LogP contribution in [0.25, 0.3) is 0 Å². The third-order valence-electron chi connectivity index (χ3n) is 7.45. The van der Waals surface area contributed by atoms with Gasteiger partial charge in [0, 0.05) is 12.6 Å². The van der Waals surface area contributed by atoms with Gasteiger partial charge in [-0.3, -0.25) is 0 Å². The standard InChI is InChI=1S/C17H29NO/c18-15-1-3-16(11-19,4-2-15)17-8-12-5-13(9-17)7-14(6-12)10-17/h12-15,19H,1-11,18H2. The molecule has 5 saturated carbocycles. The maximum Gasteiger partial charge on any atom is 0.0492 e. The normalized spacial score (nSPS) is 56.5. The number of hydrogen-bond donors (Lipinski definition) is 2. The first kappa shape index (κ1) is 12.6. The van der Waals surface area contributed by atoms with E-state index in [2.05, 4.69) is 0 Å². The zero-order valence-electron chi connectivity index (χ0n) is 12.1. The Kier molecular flexibility index (Phi) is 2.80. The van der Waals surface area contributed by atoms with E-state index >= 15 is 0 Å². The third kappa shape index (κ3) is 1.75. The molecule has 0 unspecified atom stereocenters. The highest BCUT2D eigenvalue weighted by Crippen LogP contribution is 2.68. The van der Waals surface area contributed by atoms with Crippen LogP contribution in [0.2, 0.25) is 0 Å². The highest BCUT2D eigenvalue weighted by Gasteiger charge is 2.60. The first-order valence-electron chi connectivity index (χ1n) is 8.51. The SMILES string of the molecule is NC1CCC(CO)(C23CC4CC(CC(C4)C2)C3)CC1. The van der Waals surface area contributed by atoms with E-state index in [0.29, 0.717) is 18.1 Å². The maximum absolute atomic E-state index is 10.2. The molecule has 2 nitrogen and oxygen atoms in total. The number of aliphatic hydroxyl groups is 1. The number of aliphatic hydroxyl groups excluding tert-OH is 1. The molecule has 5 aliphatic carbocycles. The Labute approximate surface area is 117 Å². The molecule has 5 rings (SSSR count). The smallest absolute Gasteiger partial charge is 0.0492 e. The second kappa shape index (κ2) is 4.21. The lowest BCUT2D eigenvalue weighted by Crippen LogP contribution is -2.57. The largest absolute Gasteiger partial charge is 0.396 e. The second-order valence-electron chi connectivity index (χ2n) is 8.47. The summed E-state index contributed by atoms with van der Waals surface area (Å²) in [4.78, 5) is 0. The Morgan fingerprint density at radius 1 is 0.895 bits per heavy atom. The fourth-order valence-electron chi connectivity index (χ4n) is 6.81. The summed E-state index contributed by atoms with van der Waals surface area (Å²) >= 11 is 0. The lowest BCUT2D eigenvalue weighted by atomic mass is 9.40. The molecule has 0 saturated heterocycles. The zero-order chi connectivity index (χ0) is 13.1. The predicted octanol–water partition coefficient (Wildman–Crippen LogP) is 3.08. The Bertz CT molecular complexity index is 321. The molecule has 0 heterocycles. The van der Waals surface area contributed by atoms with Gasteiger partial charge in [-0.2, -0.15) is 0 Å². The van der Waals surface area contributed by atoms with Crippen LogP contribution in [0.1, 0.15) is 64.2 Å². The minimum atomic E-state index is 0.235. The molecule has 0 amide bonds. The summed E-state index contributed by atoms with van der Waals surface area (Å²) in [5.41, 5.74) is 6.85. The maximum atomic E-state index is 10.2. The van der Waals surface area contributed by atoms with Crippen molar-refractivity contribution in [3.8, 4) is 0 Å². The molecule has 3 N–H and O–H groups in total. The molecular formula is C17H29NO. The van der Waals surface area contributed by atoms with Crippen LogP contribution in [0, 0.1) is 28.6 Å². The molecule has 0 aromatic carbocycles. The quantitative estimate of drug-likeness (QED) is 0.804. The fourth-order valence-corrected chi connectivity index (χ4v) is 6.81. The highest BCUT2D eigenvalue weighted by atomic mass is 16.3. The van der Waals surface area contributed by atoms with E-state index in [0.717, 1.165) is 30.6 Å². The van der Waals surface area contributed by atoms with E-state index in [9.17, 15) is 5.11 Å². The van der Waals surface area contributed by atoms with Crippen molar-refractivity contribution in [1.29, 1.82) is 0 Å². The van der Waals surface area contributed by atoms with Gasteiger partial charge in [0.05, 0.1) is 0 Å². The molecule has 0 radical (unpaired) electrons. The van der Waals surface area contributed by atoms with Crippen LogP contribution in [-0.2, 0) is 0 Å². The van der Waals surface area contributed by atoms with Crippen molar-refractivity contribution in [3.05, 3.63) is 0 Å². The summed E-state index contributed by atoms with van der Waals surface area (Å²) in [5, 5.41) is 10.2. The van der Waals surface area contributed by atoms with E-state index in [1.54, 1.807) is 0 Å². The minimum absolute atomic E-state index is 0.235. The second-order valence-corrected chi connectivity index (χ2v) is 8.47. The molecule has 108 valence electrons. The summed E-state index contributed by atoms with van der Waals surface area (Å²) < 4.78 is 0. The lowest BCUT2D eigenvalue weighted by molar-refractivity contribution is -0.161. The molecule has 5 fully saturated rings. The molecule has 0 aromatic heterocycles. The molecule has 0 aliphatic heterocycles. The van der Waals surface area contributed by atoms with Crippen molar-refractivity contribution in [3.63, 3.8) is 0 Å². The molecule has 0 atom stereocenters. The number of nitrogens with two attached hydrogens (primary N) is 1. The van der Waals surface area contributed by atoms with Crippen molar-refractivity contribution in [1.82, 2.24) is 0 Å². The van der Waals surface area contributed by atoms with Crippen LogP contribution < -0.4 is 5.73 Å². The van der Waals surface area contributed by atoms with Gasteiger partial charge in [-0.05, 0) is 92.8 Å². The summed E-state index contributed by atoms with van der Waals surface area (Å²) in [6.07, 6.45) is 13.4. The fraction of sp³-hybridized carbons (Fsp3) is 1.00. The molecule has 19 heavy (non-hydrogen) atoms. The Hall–Kier alpha value is -0.0800. The molecular weight excluding hydrogens is 234 g/mol. The average Bonchev–Trinajstić information content (AvgIpc) is 2.38. The van der Waals surface area contributed by atoms with Gasteiger partial charge in [0.15, 0.2) is 0 Å². The van der Waals surface area contributed by atoms with Crippen LogP contribution in [0.4, 0.5) is 0 Å². The Balaban J connectivity index is 1.66. The van der Waals surface area contributed by atoms with Crippen LogP contribution in [0.5, 0.6) is 0 Å². The van der Waals surface area contributed by atoms with Crippen molar-refractivity contribution in [2.45, 2.75) is 70.3 Å². The summed E-state index contributed by atoms with van der Waals surface area (Å²) in [7, 11) is 0. The molecule has 0 spiro atoms. The van der Waals surface area contributed by atoms with Gasteiger partial charge in [-0.25, -0.2) is 0 Å². The van der Waals surface area contributed by atoms with Crippen molar-refractivity contribution in [2.75, 3.05) is 6.61 Å². The third-order valence-corrected chi connectivity index (χ3v) is 7.45. The van der Waals surface area contributed by atoms with E-state index < -0.39 is 0 Å². The molecule has 5 aliphatic rings. The summed E-state index contributed by atoms with van der Waals surface area (Å²) in [5.74, 6) is 2.97. The van der Waals surface area contributed by atoms with E-state index in [1.165, 1.54) is 51.4 Å². The van der Waals surface area contributed by atoms with Gasteiger partial charge in [0.25, 0.3) is 0 Å². The molecule has 2 heteroatoms. The van der Waals surface area contributed by atoms with E-state index in [1.807, 2.05) is 0 Å². The van der Waals surface area contributed by atoms with Crippen LogP contribution in [0.15, 0.2) is 0 Å². The van der Waals surface area contributed by atoms with Gasteiger partial charge in [-0.15, -0.1) is 0 Å². The number of rotatable bonds is 2.